The molecule has 14 heavy (non-hydrogen) atoms. The summed E-state index contributed by atoms with van der Waals surface area (Å²) in [6, 6.07) is 0. The second kappa shape index (κ2) is 4.13. The Labute approximate surface area is 90.9 Å². The highest BCUT2D eigenvalue weighted by Gasteiger charge is 2.40. The predicted octanol–water partition coefficient (Wildman–Crippen LogP) is 2.65. The summed E-state index contributed by atoms with van der Waals surface area (Å²) in [6.45, 7) is 5.38. The molecule has 0 radical (unpaired) electrons. The van der Waals surface area contributed by atoms with Gasteiger partial charge in [-0.15, -0.1) is 0 Å². The van der Waals surface area contributed by atoms with E-state index in [9.17, 15) is 0 Å². The number of nitrogens with one attached hydrogen (secondary N) is 1. The van der Waals surface area contributed by atoms with E-state index in [0.717, 1.165) is 12.5 Å². The third-order valence-electron chi connectivity index (χ3n) is 3.25. The molecule has 2 unspecified atom stereocenters. The first-order chi connectivity index (χ1) is 6.74. The average Bonchev–Trinajstić information content (AvgIpc) is 2.49. The highest BCUT2D eigenvalue weighted by Crippen LogP contribution is 2.38. The van der Waals surface area contributed by atoms with Crippen LogP contribution in [0, 0.1) is 5.92 Å². The van der Waals surface area contributed by atoms with E-state index in [-0.39, 0.29) is 0 Å². The Bertz CT molecular complexity index is 239. The number of rotatable bonds is 1. The normalized spacial score (nSPS) is 40.4. The largest absolute Gasteiger partial charge is 0.359 e. The first kappa shape index (κ1) is 10.3. The molecule has 1 saturated heterocycles. The molecule has 2 fully saturated rings. The molecule has 0 bridgehead atoms. The molecule has 1 heterocycles. The van der Waals surface area contributed by atoms with Gasteiger partial charge in [0.05, 0.1) is 0 Å². The molecular weight excluding hydrogens is 192 g/mol. The first-order valence-corrected chi connectivity index (χ1v) is 6.68. The van der Waals surface area contributed by atoms with Crippen LogP contribution < -0.4 is 5.32 Å². The SMILES string of the molecule is CCN=C1NC2(CCCC(C)C2)CS1. The van der Waals surface area contributed by atoms with Crippen LogP contribution in [0.2, 0.25) is 0 Å². The standard InChI is InChI=1S/C11H20N2S/c1-3-12-10-13-11(8-14-10)6-4-5-9(2)7-11/h9H,3-8H2,1-2H3,(H,12,13). The van der Waals surface area contributed by atoms with Gasteiger partial charge < -0.3 is 5.32 Å². The van der Waals surface area contributed by atoms with Crippen molar-refractivity contribution < 1.29 is 0 Å². The van der Waals surface area contributed by atoms with Gasteiger partial charge in [-0.2, -0.15) is 0 Å². The Morgan fingerprint density at radius 2 is 2.50 bits per heavy atom. The van der Waals surface area contributed by atoms with Gasteiger partial charge in [0.25, 0.3) is 0 Å². The molecule has 0 aromatic rings. The van der Waals surface area contributed by atoms with Crippen molar-refractivity contribution in [1.82, 2.24) is 5.32 Å². The minimum atomic E-state index is 0.399. The van der Waals surface area contributed by atoms with E-state index in [1.807, 2.05) is 11.8 Å². The van der Waals surface area contributed by atoms with Crippen molar-refractivity contribution >= 4 is 16.9 Å². The fraction of sp³-hybridized carbons (Fsp3) is 0.909. The lowest BCUT2D eigenvalue weighted by molar-refractivity contribution is 0.242. The Morgan fingerprint density at radius 3 is 3.21 bits per heavy atom. The van der Waals surface area contributed by atoms with Gasteiger partial charge in [0.1, 0.15) is 0 Å². The number of amidine groups is 1. The molecule has 3 heteroatoms. The van der Waals surface area contributed by atoms with E-state index in [0.29, 0.717) is 5.54 Å². The highest BCUT2D eigenvalue weighted by molar-refractivity contribution is 8.14. The summed E-state index contributed by atoms with van der Waals surface area (Å²) in [5.74, 6) is 2.12. The summed E-state index contributed by atoms with van der Waals surface area (Å²) in [4.78, 5) is 4.47. The summed E-state index contributed by atoms with van der Waals surface area (Å²) in [5, 5.41) is 4.83. The summed E-state index contributed by atoms with van der Waals surface area (Å²) < 4.78 is 0. The Kier molecular flexibility index (Phi) is 3.05. The molecule has 1 aliphatic heterocycles. The van der Waals surface area contributed by atoms with Crippen LogP contribution in [0.1, 0.15) is 39.5 Å². The smallest absolute Gasteiger partial charge is 0.157 e. The maximum absolute atomic E-state index is 4.47. The topological polar surface area (TPSA) is 24.4 Å². The molecule has 0 amide bonds. The van der Waals surface area contributed by atoms with Crippen molar-refractivity contribution in [2.75, 3.05) is 12.3 Å². The predicted molar refractivity (Wildman–Crippen MR) is 63.9 cm³/mol. The van der Waals surface area contributed by atoms with Crippen LogP contribution in [0.5, 0.6) is 0 Å². The van der Waals surface area contributed by atoms with Crippen molar-refractivity contribution in [3.05, 3.63) is 0 Å². The molecule has 2 aliphatic rings. The van der Waals surface area contributed by atoms with E-state index >= 15 is 0 Å². The monoisotopic (exact) mass is 212 g/mol. The molecule has 2 rings (SSSR count). The number of aliphatic imine (C=N–C) groups is 1. The average molecular weight is 212 g/mol. The van der Waals surface area contributed by atoms with Crippen LogP contribution in [-0.4, -0.2) is 23.0 Å². The lowest BCUT2D eigenvalue weighted by Crippen LogP contribution is -2.47. The molecule has 2 nitrogen and oxygen atoms in total. The molecular formula is C11H20N2S. The molecule has 2 atom stereocenters. The van der Waals surface area contributed by atoms with Crippen molar-refractivity contribution in [3.8, 4) is 0 Å². The van der Waals surface area contributed by atoms with Crippen molar-refractivity contribution in [3.63, 3.8) is 0 Å². The van der Waals surface area contributed by atoms with Gasteiger partial charge in [-0.05, 0) is 25.7 Å². The van der Waals surface area contributed by atoms with Gasteiger partial charge in [0.15, 0.2) is 5.17 Å². The molecule has 0 aromatic carbocycles. The molecule has 1 N–H and O–H groups in total. The minimum Gasteiger partial charge on any atom is -0.359 e. The summed E-state index contributed by atoms with van der Waals surface area (Å²) >= 11 is 1.91. The van der Waals surface area contributed by atoms with Crippen molar-refractivity contribution in [2.45, 2.75) is 45.1 Å². The first-order valence-electron chi connectivity index (χ1n) is 5.69. The van der Waals surface area contributed by atoms with Gasteiger partial charge in [0, 0.05) is 17.8 Å². The van der Waals surface area contributed by atoms with Gasteiger partial charge in [-0.1, -0.05) is 31.5 Å². The van der Waals surface area contributed by atoms with Gasteiger partial charge in [-0.25, -0.2) is 0 Å². The molecule has 0 aromatic heterocycles. The van der Waals surface area contributed by atoms with E-state index < -0.39 is 0 Å². The van der Waals surface area contributed by atoms with Crippen molar-refractivity contribution in [2.24, 2.45) is 10.9 Å². The van der Waals surface area contributed by atoms with Crippen LogP contribution in [0.15, 0.2) is 4.99 Å². The van der Waals surface area contributed by atoms with Crippen LogP contribution in [-0.2, 0) is 0 Å². The van der Waals surface area contributed by atoms with Crippen LogP contribution in [0.4, 0.5) is 0 Å². The lowest BCUT2D eigenvalue weighted by atomic mass is 9.78. The summed E-state index contributed by atoms with van der Waals surface area (Å²) in [5.41, 5.74) is 0.399. The third kappa shape index (κ3) is 2.08. The third-order valence-corrected chi connectivity index (χ3v) is 4.45. The van der Waals surface area contributed by atoms with Crippen LogP contribution in [0.3, 0.4) is 0 Å². The quantitative estimate of drug-likeness (QED) is 0.722. The van der Waals surface area contributed by atoms with Crippen LogP contribution in [0.25, 0.3) is 0 Å². The second-order valence-corrected chi connectivity index (χ2v) is 5.64. The van der Waals surface area contributed by atoms with Crippen molar-refractivity contribution in [1.29, 1.82) is 0 Å². The number of hydrogen-bond acceptors (Lipinski definition) is 2. The zero-order valence-electron chi connectivity index (χ0n) is 9.18. The fourth-order valence-corrected chi connectivity index (χ4v) is 3.90. The second-order valence-electron chi connectivity index (χ2n) is 4.68. The zero-order valence-corrected chi connectivity index (χ0v) is 9.99. The fourth-order valence-electron chi connectivity index (χ4n) is 2.64. The van der Waals surface area contributed by atoms with E-state index in [2.05, 4.69) is 24.2 Å². The molecule has 1 aliphatic carbocycles. The van der Waals surface area contributed by atoms with Gasteiger partial charge in [0.2, 0.25) is 0 Å². The minimum absolute atomic E-state index is 0.399. The summed E-state index contributed by atoms with van der Waals surface area (Å²) in [7, 11) is 0. The Hall–Kier alpha value is -0.180. The number of hydrogen-bond donors (Lipinski definition) is 1. The van der Waals surface area contributed by atoms with Gasteiger partial charge >= 0.3 is 0 Å². The highest BCUT2D eigenvalue weighted by atomic mass is 32.2. The number of nitrogens with zero attached hydrogens (tertiary/aromatic N) is 1. The Balaban J connectivity index is 2.01. The van der Waals surface area contributed by atoms with E-state index in [1.54, 1.807) is 0 Å². The zero-order chi connectivity index (χ0) is 10.0. The maximum Gasteiger partial charge on any atom is 0.157 e. The van der Waals surface area contributed by atoms with Crippen LogP contribution >= 0.6 is 11.8 Å². The Morgan fingerprint density at radius 1 is 1.64 bits per heavy atom. The van der Waals surface area contributed by atoms with E-state index in [4.69, 9.17) is 0 Å². The summed E-state index contributed by atoms with van der Waals surface area (Å²) in [6.07, 6.45) is 5.47. The van der Waals surface area contributed by atoms with E-state index in [1.165, 1.54) is 36.6 Å². The van der Waals surface area contributed by atoms with Gasteiger partial charge in [-0.3, -0.25) is 4.99 Å². The molecule has 1 saturated carbocycles. The molecule has 1 spiro atoms. The number of thioether (sulfide) groups is 1. The molecule has 80 valence electrons. The maximum atomic E-state index is 4.47. The lowest BCUT2D eigenvalue weighted by Gasteiger charge is -2.36.